The molecule has 0 fully saturated rings. The highest BCUT2D eigenvalue weighted by Gasteiger charge is 2.14. The number of urea groups is 1. The Morgan fingerprint density at radius 1 is 1.47 bits per heavy atom. The Morgan fingerprint density at radius 3 is 2.84 bits per heavy atom. The van der Waals surface area contributed by atoms with E-state index in [4.69, 9.17) is 4.74 Å². The van der Waals surface area contributed by atoms with Crippen LogP contribution in [0.1, 0.15) is 33.0 Å². The number of nitrogens with zero attached hydrogens (tertiary/aromatic N) is 3. The van der Waals surface area contributed by atoms with Gasteiger partial charge in [-0.1, -0.05) is 0 Å². The summed E-state index contributed by atoms with van der Waals surface area (Å²) >= 11 is 0. The summed E-state index contributed by atoms with van der Waals surface area (Å²) in [5.41, 5.74) is -0.254. The van der Waals surface area contributed by atoms with Crippen LogP contribution in [0.3, 0.4) is 0 Å². The van der Waals surface area contributed by atoms with Crippen molar-refractivity contribution in [3.63, 3.8) is 0 Å². The minimum atomic E-state index is -0.254. The Morgan fingerprint density at radius 2 is 2.21 bits per heavy atom. The van der Waals surface area contributed by atoms with Crippen molar-refractivity contribution in [2.75, 3.05) is 13.7 Å². The van der Waals surface area contributed by atoms with Crippen molar-refractivity contribution in [3.05, 3.63) is 12.2 Å². The second kappa shape index (κ2) is 7.08. The van der Waals surface area contributed by atoms with E-state index in [1.165, 1.54) is 0 Å². The summed E-state index contributed by atoms with van der Waals surface area (Å²) in [6, 6.07) is -0.209. The third kappa shape index (κ3) is 6.19. The first-order valence-electron chi connectivity index (χ1n) is 6.34. The van der Waals surface area contributed by atoms with Crippen molar-refractivity contribution in [1.29, 1.82) is 0 Å². The molecule has 0 unspecified atom stereocenters. The summed E-state index contributed by atoms with van der Waals surface area (Å²) in [6.07, 6.45) is 2.55. The number of hydrogen-bond donors (Lipinski definition) is 2. The Bertz CT molecular complexity index is 397. The fourth-order valence-corrected chi connectivity index (χ4v) is 1.53. The first-order valence-corrected chi connectivity index (χ1v) is 6.34. The summed E-state index contributed by atoms with van der Waals surface area (Å²) in [5.74, 6) is 0.736. The third-order valence-corrected chi connectivity index (χ3v) is 2.34. The molecule has 7 nitrogen and oxygen atoms in total. The maximum absolute atomic E-state index is 11.6. The van der Waals surface area contributed by atoms with E-state index in [2.05, 4.69) is 20.8 Å². The maximum atomic E-state index is 11.6. The number of carbonyl (C=O) groups is 1. The lowest BCUT2D eigenvalue weighted by atomic mass is 10.1. The van der Waals surface area contributed by atoms with E-state index >= 15 is 0 Å². The average Bonchev–Trinajstić information content (AvgIpc) is 2.72. The molecule has 0 atom stereocenters. The molecular formula is C12H23N5O2. The zero-order chi connectivity index (χ0) is 14.3. The zero-order valence-corrected chi connectivity index (χ0v) is 12.1. The van der Waals surface area contributed by atoms with E-state index < -0.39 is 0 Å². The Hall–Kier alpha value is -1.63. The van der Waals surface area contributed by atoms with Crippen LogP contribution >= 0.6 is 0 Å². The molecule has 1 heterocycles. The van der Waals surface area contributed by atoms with Gasteiger partial charge in [-0.2, -0.15) is 0 Å². The molecule has 0 spiro atoms. The number of hydrogen-bond acceptors (Lipinski definition) is 4. The quantitative estimate of drug-likeness (QED) is 0.752. The molecule has 0 aliphatic rings. The molecule has 1 rings (SSSR count). The van der Waals surface area contributed by atoms with E-state index in [0.29, 0.717) is 13.2 Å². The molecule has 1 aromatic heterocycles. The Balaban J connectivity index is 2.41. The van der Waals surface area contributed by atoms with Gasteiger partial charge in [-0.3, -0.25) is 0 Å². The SMILES string of the molecule is COCCCn1cnnc1CNC(=O)NC(C)(C)C. The van der Waals surface area contributed by atoms with Crippen molar-refractivity contribution in [3.8, 4) is 0 Å². The highest BCUT2D eigenvalue weighted by atomic mass is 16.5. The van der Waals surface area contributed by atoms with Gasteiger partial charge in [-0.25, -0.2) is 4.79 Å². The van der Waals surface area contributed by atoms with Crippen LogP contribution in [0.15, 0.2) is 6.33 Å². The maximum Gasteiger partial charge on any atom is 0.315 e. The van der Waals surface area contributed by atoms with Crippen LogP contribution in [0, 0.1) is 0 Å². The van der Waals surface area contributed by atoms with Crippen LogP contribution in [0.4, 0.5) is 4.79 Å². The molecule has 0 saturated carbocycles. The number of aryl methyl sites for hydroxylation is 1. The largest absolute Gasteiger partial charge is 0.385 e. The van der Waals surface area contributed by atoms with E-state index in [1.54, 1.807) is 13.4 Å². The first kappa shape index (κ1) is 15.4. The molecule has 0 radical (unpaired) electrons. The molecule has 1 aromatic rings. The van der Waals surface area contributed by atoms with Gasteiger partial charge >= 0.3 is 6.03 Å². The molecule has 0 aliphatic heterocycles. The lowest BCUT2D eigenvalue weighted by Gasteiger charge is -2.20. The summed E-state index contributed by atoms with van der Waals surface area (Å²) in [7, 11) is 1.67. The minimum absolute atomic E-state index is 0.209. The molecule has 108 valence electrons. The standard InChI is InChI=1S/C12H23N5O2/c1-12(2,3)15-11(18)13-8-10-16-14-9-17(10)6-5-7-19-4/h9H,5-8H2,1-4H3,(H2,13,15,18). The number of nitrogens with one attached hydrogen (secondary N) is 2. The van der Waals surface area contributed by atoms with Crippen LogP contribution in [-0.2, 0) is 17.8 Å². The van der Waals surface area contributed by atoms with Gasteiger partial charge < -0.3 is 19.9 Å². The van der Waals surface area contributed by atoms with Crippen LogP contribution in [0.25, 0.3) is 0 Å². The Labute approximate surface area is 113 Å². The summed E-state index contributed by atoms with van der Waals surface area (Å²) in [4.78, 5) is 11.6. The van der Waals surface area contributed by atoms with E-state index in [-0.39, 0.29) is 11.6 Å². The van der Waals surface area contributed by atoms with Crippen LogP contribution in [0.5, 0.6) is 0 Å². The molecule has 19 heavy (non-hydrogen) atoms. The van der Waals surface area contributed by atoms with Gasteiger partial charge in [0.2, 0.25) is 0 Å². The zero-order valence-electron chi connectivity index (χ0n) is 12.1. The lowest BCUT2D eigenvalue weighted by Crippen LogP contribution is -2.46. The number of rotatable bonds is 6. The number of methoxy groups -OCH3 is 1. The fraction of sp³-hybridized carbons (Fsp3) is 0.750. The van der Waals surface area contributed by atoms with Gasteiger partial charge in [0.15, 0.2) is 5.82 Å². The van der Waals surface area contributed by atoms with Crippen molar-refractivity contribution in [2.24, 2.45) is 0 Å². The molecule has 0 saturated heterocycles. The smallest absolute Gasteiger partial charge is 0.315 e. The molecule has 0 aromatic carbocycles. The topological polar surface area (TPSA) is 81.1 Å². The summed E-state index contributed by atoms with van der Waals surface area (Å²) < 4.78 is 6.91. The molecule has 0 aliphatic carbocycles. The van der Waals surface area contributed by atoms with Gasteiger partial charge in [0.05, 0.1) is 6.54 Å². The highest BCUT2D eigenvalue weighted by Crippen LogP contribution is 1.99. The minimum Gasteiger partial charge on any atom is -0.385 e. The number of carbonyl (C=O) groups excluding carboxylic acids is 1. The van der Waals surface area contributed by atoms with Gasteiger partial charge in [0.25, 0.3) is 0 Å². The summed E-state index contributed by atoms with van der Waals surface area (Å²) in [5, 5.41) is 13.4. The number of amides is 2. The predicted octanol–water partition coefficient (Wildman–Crippen LogP) is 0.912. The molecule has 2 N–H and O–H groups in total. The average molecular weight is 269 g/mol. The molecule has 0 bridgehead atoms. The molecule has 2 amide bonds. The third-order valence-electron chi connectivity index (χ3n) is 2.34. The van der Waals surface area contributed by atoms with E-state index in [1.807, 2.05) is 25.3 Å². The second-order valence-electron chi connectivity index (χ2n) is 5.34. The van der Waals surface area contributed by atoms with E-state index in [9.17, 15) is 4.79 Å². The molecular weight excluding hydrogens is 246 g/mol. The van der Waals surface area contributed by atoms with E-state index in [0.717, 1.165) is 18.8 Å². The first-order chi connectivity index (χ1) is 8.92. The number of ether oxygens (including phenoxy) is 1. The van der Waals surface area contributed by atoms with Crippen molar-refractivity contribution >= 4 is 6.03 Å². The Kier molecular flexibility index (Phi) is 5.75. The van der Waals surface area contributed by atoms with Crippen LogP contribution in [-0.4, -0.2) is 40.1 Å². The van der Waals surface area contributed by atoms with Crippen LogP contribution < -0.4 is 10.6 Å². The normalized spacial score (nSPS) is 11.4. The van der Waals surface area contributed by atoms with Crippen molar-refractivity contribution in [2.45, 2.75) is 45.8 Å². The van der Waals surface area contributed by atoms with Crippen molar-refractivity contribution < 1.29 is 9.53 Å². The highest BCUT2D eigenvalue weighted by molar-refractivity contribution is 5.74. The second-order valence-corrected chi connectivity index (χ2v) is 5.34. The summed E-state index contributed by atoms with van der Waals surface area (Å²) in [6.45, 7) is 7.61. The van der Waals surface area contributed by atoms with Gasteiger partial charge in [-0.05, 0) is 27.2 Å². The van der Waals surface area contributed by atoms with Crippen molar-refractivity contribution in [1.82, 2.24) is 25.4 Å². The predicted molar refractivity (Wildman–Crippen MR) is 71.6 cm³/mol. The number of aromatic nitrogens is 3. The fourth-order valence-electron chi connectivity index (χ4n) is 1.53. The van der Waals surface area contributed by atoms with Crippen LogP contribution in [0.2, 0.25) is 0 Å². The lowest BCUT2D eigenvalue weighted by molar-refractivity contribution is 0.190. The van der Waals surface area contributed by atoms with Gasteiger partial charge in [-0.15, -0.1) is 10.2 Å². The monoisotopic (exact) mass is 269 g/mol. The molecule has 7 heteroatoms. The van der Waals surface area contributed by atoms with Gasteiger partial charge in [0.1, 0.15) is 6.33 Å². The van der Waals surface area contributed by atoms with Gasteiger partial charge in [0, 0.05) is 25.8 Å².